The summed E-state index contributed by atoms with van der Waals surface area (Å²) in [6, 6.07) is 0. The van der Waals surface area contributed by atoms with Gasteiger partial charge in [-0.15, -0.1) is 0 Å². The van der Waals surface area contributed by atoms with E-state index >= 15 is 0 Å². The highest BCUT2D eigenvalue weighted by Gasteiger charge is 2.27. The fourth-order valence-electron chi connectivity index (χ4n) is 6.67. The maximum Gasteiger partial charge on any atom is 0.0622 e. The van der Waals surface area contributed by atoms with Crippen molar-refractivity contribution >= 4 is 0 Å². The van der Waals surface area contributed by atoms with E-state index in [9.17, 15) is 20.4 Å². The van der Waals surface area contributed by atoms with Gasteiger partial charge in [-0.1, -0.05) is 58.2 Å². The van der Waals surface area contributed by atoms with Crippen molar-refractivity contribution in [3.63, 3.8) is 0 Å². The van der Waals surface area contributed by atoms with Gasteiger partial charge in [0.15, 0.2) is 0 Å². The van der Waals surface area contributed by atoms with Gasteiger partial charge in [-0.2, -0.15) is 0 Å². The van der Waals surface area contributed by atoms with Crippen LogP contribution in [0.15, 0.2) is 58.2 Å². The molecule has 0 rings (SSSR count). The molecule has 0 saturated heterocycles. The zero-order chi connectivity index (χ0) is 38.3. The molecule has 0 aromatic rings. The molecular weight excluding hydrogens is 620 g/mol. The van der Waals surface area contributed by atoms with Crippen LogP contribution in [-0.2, 0) is 0 Å². The van der Waals surface area contributed by atoms with Gasteiger partial charge in [0.05, 0.1) is 29.0 Å². The van der Waals surface area contributed by atoms with Crippen LogP contribution < -0.4 is 0 Å². The molecule has 4 atom stereocenters. The van der Waals surface area contributed by atoms with Crippen molar-refractivity contribution in [3.05, 3.63) is 58.2 Å². The Hall–Kier alpha value is -1.50. The molecular formula is C45H82O5. The monoisotopic (exact) mass is 703 g/mol. The third-order valence-corrected chi connectivity index (χ3v) is 10.3. The first kappa shape index (κ1) is 48.5. The maximum atomic E-state index is 11.0. The Morgan fingerprint density at radius 3 is 1.02 bits per heavy atom. The molecule has 0 aromatic heterocycles. The van der Waals surface area contributed by atoms with E-state index in [1.807, 2.05) is 33.8 Å². The van der Waals surface area contributed by atoms with Crippen LogP contribution in [0.2, 0.25) is 0 Å². The quantitative estimate of drug-likeness (QED) is 0.0500. The molecule has 0 aromatic carbocycles. The first-order chi connectivity index (χ1) is 23.2. The van der Waals surface area contributed by atoms with Gasteiger partial charge < -0.3 is 25.5 Å². The molecule has 50 heavy (non-hydrogen) atoms. The Kier molecular flexibility index (Phi) is 24.7. The van der Waals surface area contributed by atoms with Crippen LogP contribution in [0.4, 0.5) is 0 Å². The van der Waals surface area contributed by atoms with Gasteiger partial charge in [0.2, 0.25) is 0 Å². The summed E-state index contributed by atoms with van der Waals surface area (Å²) in [7, 11) is 0. The van der Waals surface area contributed by atoms with E-state index in [0.717, 1.165) is 89.9 Å². The summed E-state index contributed by atoms with van der Waals surface area (Å²) in [6.07, 6.45) is 28.0. The predicted octanol–water partition coefficient (Wildman–Crippen LogP) is 11.5. The first-order valence-corrected chi connectivity index (χ1v) is 19.9. The highest BCUT2D eigenvalue weighted by Crippen LogP contribution is 2.30. The third kappa shape index (κ3) is 29.1. The molecule has 0 bridgehead atoms. The molecule has 0 spiro atoms. The minimum absolute atomic E-state index is 0.128. The Morgan fingerprint density at radius 2 is 0.680 bits per heavy atom. The number of aliphatic hydroxyl groups excluding tert-OH is 1. The van der Waals surface area contributed by atoms with Crippen LogP contribution in [0, 0.1) is 0 Å². The topological polar surface area (TPSA) is 101 Å². The number of hydrogen-bond acceptors (Lipinski definition) is 5. The van der Waals surface area contributed by atoms with Crippen LogP contribution in [0.25, 0.3) is 0 Å². The largest absolute Gasteiger partial charge is 0.392 e. The maximum absolute atomic E-state index is 11.0. The summed E-state index contributed by atoms with van der Waals surface area (Å²) in [6.45, 7) is 20.6. The van der Waals surface area contributed by atoms with Crippen LogP contribution in [0.3, 0.4) is 0 Å². The third-order valence-electron chi connectivity index (χ3n) is 10.3. The molecule has 5 nitrogen and oxygen atoms in total. The Balaban J connectivity index is 4.30. The van der Waals surface area contributed by atoms with Crippen LogP contribution >= 0.6 is 0 Å². The Labute approximate surface area is 309 Å². The smallest absolute Gasteiger partial charge is 0.0622 e. The van der Waals surface area contributed by atoms with Gasteiger partial charge >= 0.3 is 0 Å². The van der Waals surface area contributed by atoms with Crippen molar-refractivity contribution in [1.82, 2.24) is 0 Å². The molecule has 0 saturated carbocycles. The van der Waals surface area contributed by atoms with E-state index in [2.05, 4.69) is 65.8 Å². The number of rotatable bonds is 29. The lowest BCUT2D eigenvalue weighted by Crippen LogP contribution is -2.30. The molecule has 0 heterocycles. The van der Waals surface area contributed by atoms with E-state index in [-0.39, 0.29) is 6.61 Å². The number of aliphatic hydroxyl groups is 5. The normalized spacial score (nSPS) is 18.3. The second kappa shape index (κ2) is 25.5. The summed E-state index contributed by atoms with van der Waals surface area (Å²) in [4.78, 5) is 0. The van der Waals surface area contributed by atoms with Gasteiger partial charge in [-0.05, 0) is 198 Å². The summed E-state index contributed by atoms with van der Waals surface area (Å²) >= 11 is 0. The second-order valence-electron chi connectivity index (χ2n) is 17.2. The second-order valence-corrected chi connectivity index (χ2v) is 17.2. The highest BCUT2D eigenvalue weighted by molar-refractivity contribution is 5.07. The minimum atomic E-state index is -0.805. The van der Waals surface area contributed by atoms with Crippen molar-refractivity contribution in [3.8, 4) is 0 Å². The van der Waals surface area contributed by atoms with Crippen molar-refractivity contribution in [1.29, 1.82) is 0 Å². The molecule has 0 aliphatic heterocycles. The lowest BCUT2D eigenvalue weighted by atomic mass is 9.84. The molecule has 0 fully saturated rings. The van der Waals surface area contributed by atoms with Crippen LogP contribution in [-0.4, -0.2) is 54.5 Å². The standard InChI is InChI=1S/C45H82O5/c1-37(2)19-14-28-42(7,47)30-16-32-44(9,49)34-18-35-45(10,50)33-17-31-43(8,48)29-15-26-40(5)24-12-22-38(3)20-11-21-39(4)23-13-25-41(6)27-36-46/h19-20,23-24,27,46-50H,11-18,21-22,25-26,28-36H2,1-10H3/b38-20+,39-23+,40-24+,41-27+/t42-,43+,44-,45+/m1/s1. The number of hydrogen-bond donors (Lipinski definition) is 5. The summed E-state index contributed by atoms with van der Waals surface area (Å²) in [5.41, 5.74) is 3.75. The summed E-state index contributed by atoms with van der Waals surface area (Å²) in [5, 5.41) is 52.5. The fourth-order valence-corrected chi connectivity index (χ4v) is 6.67. The Morgan fingerprint density at radius 1 is 0.380 bits per heavy atom. The minimum Gasteiger partial charge on any atom is -0.392 e. The van der Waals surface area contributed by atoms with E-state index in [1.165, 1.54) is 27.9 Å². The summed E-state index contributed by atoms with van der Waals surface area (Å²) in [5.74, 6) is 0. The SMILES string of the molecule is CC(C)=CCC[C@@](C)(O)CCC[C@@](C)(O)CCC[C@@](C)(O)CCC[C@@](C)(O)CCC/C(C)=C/CC/C(C)=C/CC/C(C)=C/CC/C(C)=C/CO. The van der Waals surface area contributed by atoms with Gasteiger partial charge in [0.1, 0.15) is 0 Å². The van der Waals surface area contributed by atoms with E-state index in [0.29, 0.717) is 38.5 Å². The fraction of sp³-hybridized carbons (Fsp3) is 0.778. The predicted molar refractivity (Wildman–Crippen MR) is 216 cm³/mol. The van der Waals surface area contributed by atoms with Crippen molar-refractivity contribution in [2.45, 2.75) is 220 Å². The lowest BCUT2D eigenvalue weighted by molar-refractivity contribution is -0.00312. The van der Waals surface area contributed by atoms with E-state index in [4.69, 9.17) is 5.11 Å². The molecule has 0 unspecified atom stereocenters. The van der Waals surface area contributed by atoms with Gasteiger partial charge in [0, 0.05) is 0 Å². The van der Waals surface area contributed by atoms with Crippen molar-refractivity contribution in [2.24, 2.45) is 0 Å². The zero-order valence-corrected chi connectivity index (χ0v) is 34.5. The van der Waals surface area contributed by atoms with E-state index < -0.39 is 22.4 Å². The molecule has 0 radical (unpaired) electrons. The average Bonchev–Trinajstić information content (AvgIpc) is 2.96. The van der Waals surface area contributed by atoms with E-state index in [1.54, 1.807) is 0 Å². The van der Waals surface area contributed by atoms with Gasteiger partial charge in [0.25, 0.3) is 0 Å². The molecule has 5 N–H and O–H groups in total. The van der Waals surface area contributed by atoms with Crippen LogP contribution in [0.1, 0.15) is 198 Å². The molecule has 0 amide bonds. The molecule has 0 aliphatic rings. The first-order valence-electron chi connectivity index (χ1n) is 19.9. The lowest BCUT2D eigenvalue weighted by Gasteiger charge is -2.30. The molecule has 292 valence electrons. The summed E-state index contributed by atoms with van der Waals surface area (Å²) < 4.78 is 0. The van der Waals surface area contributed by atoms with Crippen molar-refractivity contribution in [2.75, 3.05) is 6.61 Å². The van der Waals surface area contributed by atoms with Gasteiger partial charge in [-0.25, -0.2) is 0 Å². The molecule has 0 aliphatic carbocycles. The molecule has 5 heteroatoms. The van der Waals surface area contributed by atoms with Gasteiger partial charge in [-0.3, -0.25) is 0 Å². The zero-order valence-electron chi connectivity index (χ0n) is 34.5. The average molecular weight is 703 g/mol. The Bertz CT molecular complexity index is 1060. The van der Waals surface area contributed by atoms with Crippen molar-refractivity contribution < 1.29 is 25.5 Å². The highest BCUT2D eigenvalue weighted by atomic mass is 16.3. The van der Waals surface area contributed by atoms with Crippen LogP contribution in [0.5, 0.6) is 0 Å². The number of allylic oxidation sites excluding steroid dienone is 9.